The van der Waals surface area contributed by atoms with Gasteiger partial charge in [-0.05, 0) is 74.0 Å². The van der Waals surface area contributed by atoms with Crippen molar-refractivity contribution >= 4 is 0 Å². The first-order valence-corrected chi connectivity index (χ1v) is 10.0. The van der Waals surface area contributed by atoms with Gasteiger partial charge < -0.3 is 9.47 Å². The maximum absolute atomic E-state index is 6.25. The van der Waals surface area contributed by atoms with Crippen LogP contribution in [0.1, 0.15) is 65.2 Å². The van der Waals surface area contributed by atoms with Gasteiger partial charge in [-0.2, -0.15) is 0 Å². The molecule has 5 aliphatic rings. The second-order valence-electron chi connectivity index (χ2n) is 9.51. The molecule has 1 spiro atoms. The van der Waals surface area contributed by atoms with Gasteiger partial charge in [0.15, 0.2) is 5.79 Å². The second-order valence-corrected chi connectivity index (χ2v) is 9.51. The lowest BCUT2D eigenvalue weighted by atomic mass is 9.45. The van der Waals surface area contributed by atoms with Crippen LogP contribution in [0.15, 0.2) is 12.2 Å². The Balaban J connectivity index is 1.48. The lowest BCUT2D eigenvalue weighted by molar-refractivity contribution is -0.246. The van der Waals surface area contributed by atoms with Crippen LogP contribution in [0.25, 0.3) is 0 Å². The largest absolute Gasteiger partial charge is 0.347 e. The van der Waals surface area contributed by atoms with Crippen molar-refractivity contribution in [3.8, 4) is 0 Å². The SMILES string of the molecule is C[C@]12CC=CC[C@@H]1CC[C@H]1[C@@H]2CC[C@@]2(C)[C@H]1CCC21OCCO1. The maximum Gasteiger partial charge on any atom is 0.174 e. The van der Waals surface area contributed by atoms with Gasteiger partial charge in [0.2, 0.25) is 0 Å². The Kier molecular flexibility index (Phi) is 3.15. The molecule has 0 radical (unpaired) electrons. The topological polar surface area (TPSA) is 18.5 Å². The van der Waals surface area contributed by atoms with E-state index in [2.05, 4.69) is 26.0 Å². The number of fused-ring (bicyclic) bond motifs is 6. The van der Waals surface area contributed by atoms with Gasteiger partial charge >= 0.3 is 0 Å². The fourth-order valence-electron chi connectivity index (χ4n) is 7.72. The molecule has 1 saturated heterocycles. The van der Waals surface area contributed by atoms with Gasteiger partial charge in [-0.25, -0.2) is 0 Å². The average molecular weight is 316 g/mol. The van der Waals surface area contributed by atoms with Gasteiger partial charge in [0, 0.05) is 11.8 Å². The summed E-state index contributed by atoms with van der Waals surface area (Å²) in [6.45, 7) is 6.73. The Bertz CT molecular complexity index is 520. The third-order valence-corrected chi connectivity index (χ3v) is 9.01. The molecule has 1 aliphatic heterocycles. The van der Waals surface area contributed by atoms with Gasteiger partial charge in [0.05, 0.1) is 13.2 Å². The van der Waals surface area contributed by atoms with Crippen molar-refractivity contribution < 1.29 is 9.47 Å². The van der Waals surface area contributed by atoms with Crippen LogP contribution in [0.5, 0.6) is 0 Å². The predicted molar refractivity (Wildman–Crippen MR) is 90.9 cm³/mol. The highest BCUT2D eigenvalue weighted by molar-refractivity contribution is 5.14. The van der Waals surface area contributed by atoms with Crippen molar-refractivity contribution in [3.63, 3.8) is 0 Å². The van der Waals surface area contributed by atoms with Gasteiger partial charge in [0.1, 0.15) is 0 Å². The quantitative estimate of drug-likeness (QED) is 0.589. The first kappa shape index (κ1) is 15.0. The third kappa shape index (κ3) is 1.78. The first-order chi connectivity index (χ1) is 11.1. The van der Waals surface area contributed by atoms with E-state index in [4.69, 9.17) is 9.47 Å². The molecular weight excluding hydrogens is 284 g/mol. The van der Waals surface area contributed by atoms with Gasteiger partial charge in [-0.3, -0.25) is 0 Å². The van der Waals surface area contributed by atoms with E-state index in [0.717, 1.165) is 43.3 Å². The lowest BCUT2D eigenvalue weighted by Crippen LogP contribution is -2.56. The second kappa shape index (κ2) is 4.85. The van der Waals surface area contributed by atoms with E-state index in [9.17, 15) is 0 Å². The molecule has 128 valence electrons. The normalized spacial score (nSPS) is 53.8. The smallest absolute Gasteiger partial charge is 0.174 e. The molecule has 2 nitrogen and oxygen atoms in total. The van der Waals surface area contributed by atoms with Gasteiger partial charge in [0.25, 0.3) is 0 Å². The highest BCUT2D eigenvalue weighted by Gasteiger charge is 2.66. The van der Waals surface area contributed by atoms with Crippen molar-refractivity contribution in [3.05, 3.63) is 12.2 Å². The molecule has 5 rings (SSSR count). The molecule has 6 atom stereocenters. The van der Waals surface area contributed by atoms with Crippen molar-refractivity contribution in [2.24, 2.45) is 34.5 Å². The molecule has 1 heterocycles. The maximum atomic E-state index is 6.25. The summed E-state index contributed by atoms with van der Waals surface area (Å²) in [6.07, 6.45) is 15.6. The minimum Gasteiger partial charge on any atom is -0.347 e. The molecule has 0 amide bonds. The van der Waals surface area contributed by atoms with Crippen LogP contribution >= 0.6 is 0 Å². The van der Waals surface area contributed by atoms with E-state index in [1.807, 2.05) is 0 Å². The van der Waals surface area contributed by atoms with E-state index in [1.54, 1.807) is 0 Å². The average Bonchev–Trinajstić information content (AvgIpc) is 3.14. The molecule has 0 unspecified atom stereocenters. The van der Waals surface area contributed by atoms with Crippen LogP contribution in [-0.2, 0) is 9.47 Å². The predicted octanol–water partition coefficient (Wildman–Crippen LogP) is 4.94. The zero-order valence-electron chi connectivity index (χ0n) is 14.9. The molecule has 0 aromatic rings. The zero-order valence-corrected chi connectivity index (χ0v) is 14.9. The van der Waals surface area contributed by atoms with Crippen molar-refractivity contribution in [1.29, 1.82) is 0 Å². The molecule has 0 aromatic carbocycles. The number of allylic oxidation sites excluding steroid dienone is 2. The molecule has 0 N–H and O–H groups in total. The molecule has 3 saturated carbocycles. The van der Waals surface area contributed by atoms with Crippen LogP contribution < -0.4 is 0 Å². The number of hydrogen-bond donors (Lipinski definition) is 0. The van der Waals surface area contributed by atoms with Crippen LogP contribution in [0, 0.1) is 34.5 Å². The molecular formula is C21H32O2. The summed E-state index contributed by atoms with van der Waals surface area (Å²) in [4.78, 5) is 0. The van der Waals surface area contributed by atoms with E-state index in [-0.39, 0.29) is 11.2 Å². The molecule has 0 aromatic heterocycles. The molecule has 4 aliphatic carbocycles. The highest BCUT2D eigenvalue weighted by atomic mass is 16.7. The zero-order chi connectivity index (χ0) is 15.7. The Morgan fingerprint density at radius 3 is 2.48 bits per heavy atom. The number of ether oxygens (including phenoxy) is 2. The summed E-state index contributed by atoms with van der Waals surface area (Å²) in [5, 5.41) is 0. The molecule has 4 fully saturated rings. The Hall–Kier alpha value is -0.340. The van der Waals surface area contributed by atoms with Crippen molar-refractivity contribution in [2.45, 2.75) is 71.0 Å². The van der Waals surface area contributed by atoms with E-state index >= 15 is 0 Å². The summed E-state index contributed by atoms with van der Waals surface area (Å²) in [6, 6.07) is 0. The summed E-state index contributed by atoms with van der Waals surface area (Å²) in [7, 11) is 0. The molecule has 0 bridgehead atoms. The highest BCUT2D eigenvalue weighted by Crippen LogP contribution is 2.69. The number of rotatable bonds is 0. The summed E-state index contributed by atoms with van der Waals surface area (Å²) in [5.74, 6) is 3.37. The van der Waals surface area contributed by atoms with Crippen LogP contribution in [-0.4, -0.2) is 19.0 Å². The summed E-state index contributed by atoms with van der Waals surface area (Å²) >= 11 is 0. The van der Waals surface area contributed by atoms with E-state index in [0.29, 0.717) is 5.41 Å². The fraction of sp³-hybridized carbons (Fsp3) is 0.905. The lowest BCUT2D eigenvalue weighted by Gasteiger charge is -2.60. The standard InChI is InChI=1S/C21H32O2/c1-19-10-4-3-5-15(19)6-7-16-17(19)8-11-20(2)18(16)9-12-21(20)22-13-14-23-21/h3-4,15-18H,5-14H2,1-2H3/t15-,16+,17+,18+,19+,20+/m1/s1. The Morgan fingerprint density at radius 2 is 1.65 bits per heavy atom. The number of hydrogen-bond acceptors (Lipinski definition) is 2. The van der Waals surface area contributed by atoms with Crippen LogP contribution in [0.4, 0.5) is 0 Å². The van der Waals surface area contributed by atoms with Crippen LogP contribution in [0.3, 0.4) is 0 Å². The summed E-state index contributed by atoms with van der Waals surface area (Å²) < 4.78 is 12.5. The minimum absolute atomic E-state index is 0.229. The van der Waals surface area contributed by atoms with E-state index in [1.165, 1.54) is 44.9 Å². The van der Waals surface area contributed by atoms with Crippen molar-refractivity contribution in [2.75, 3.05) is 13.2 Å². The Labute approximate surface area is 141 Å². The van der Waals surface area contributed by atoms with Crippen LogP contribution in [0.2, 0.25) is 0 Å². The fourth-order valence-corrected chi connectivity index (χ4v) is 7.72. The third-order valence-electron chi connectivity index (χ3n) is 9.01. The van der Waals surface area contributed by atoms with E-state index < -0.39 is 0 Å². The first-order valence-electron chi connectivity index (χ1n) is 10.0. The summed E-state index contributed by atoms with van der Waals surface area (Å²) in [5.41, 5.74) is 0.824. The van der Waals surface area contributed by atoms with Crippen molar-refractivity contribution in [1.82, 2.24) is 0 Å². The minimum atomic E-state index is -0.229. The molecule has 2 heteroatoms. The van der Waals surface area contributed by atoms with Gasteiger partial charge in [-0.1, -0.05) is 26.0 Å². The molecule has 23 heavy (non-hydrogen) atoms. The Morgan fingerprint density at radius 1 is 0.870 bits per heavy atom. The van der Waals surface area contributed by atoms with Gasteiger partial charge in [-0.15, -0.1) is 0 Å². The monoisotopic (exact) mass is 316 g/mol.